The van der Waals surface area contributed by atoms with Gasteiger partial charge in [0.2, 0.25) is 0 Å². The highest BCUT2D eigenvalue weighted by molar-refractivity contribution is 7.98. The number of tetrazole rings is 1. The SMILES string of the molecule is CCCC[C@@H](CCOC)C(C)C.CCCC[C@@H](CCS(C)(=O)=O)C(C)C.CCCC[C@@H](CCSC)C(C)C.CCCC[C@@H](CCc1nn[nH]n1)C(C)C. The summed E-state index contributed by atoms with van der Waals surface area (Å²) in [5.74, 6) is 8.78. The number of H-pyrrole nitrogens is 1. The van der Waals surface area contributed by atoms with Crippen LogP contribution in [0.1, 0.15) is 192 Å². The van der Waals surface area contributed by atoms with Gasteiger partial charge in [-0.25, -0.2) is 8.42 Å². The van der Waals surface area contributed by atoms with E-state index < -0.39 is 9.84 Å². The van der Waals surface area contributed by atoms with Crippen LogP contribution in [0.2, 0.25) is 0 Å². The third kappa shape index (κ3) is 38.0. The normalized spacial score (nSPS) is 13.9. The number of unbranched alkanes of at least 4 members (excludes halogenated alkanes) is 4. The Morgan fingerprint density at radius 3 is 1.34 bits per heavy atom. The number of rotatable bonds is 28. The van der Waals surface area contributed by atoms with Crippen molar-refractivity contribution >= 4 is 21.6 Å². The standard InChI is InChI=1S/C11H22N4.C11H24O2S.C11H24O.C11H24S/c1-4-5-6-10(9(2)3)7-8-11-12-14-15-13-11;1-5-6-7-11(10(2)3)8-9-14(4,12)13;2*1-5-6-7-11(10(2)3)8-9-12-4/h9-10H,4-8H2,1-3H3,(H,12,13,14,15);10-11H,5-9H2,1-4H3;2*10-11H,5-9H2,1-4H3/t10-;3*11-/m0000/s1. The van der Waals surface area contributed by atoms with E-state index in [-0.39, 0.29) is 0 Å². The maximum atomic E-state index is 11.0. The maximum absolute atomic E-state index is 11.0. The molecule has 0 saturated heterocycles. The molecular formula is C44H94N4O3S2. The Balaban J connectivity index is -0.000000632. The van der Waals surface area contributed by atoms with Crippen LogP contribution in [0.25, 0.3) is 0 Å². The van der Waals surface area contributed by atoms with Crippen LogP contribution in [-0.2, 0) is 21.0 Å². The molecule has 4 atom stereocenters. The monoisotopic (exact) mass is 791 g/mol. The average Bonchev–Trinajstić information content (AvgIpc) is 3.62. The molecule has 0 aliphatic heterocycles. The highest BCUT2D eigenvalue weighted by atomic mass is 32.2. The van der Waals surface area contributed by atoms with Gasteiger partial charge in [-0.2, -0.15) is 17.0 Å². The van der Waals surface area contributed by atoms with Crippen LogP contribution in [0.3, 0.4) is 0 Å². The van der Waals surface area contributed by atoms with Gasteiger partial charge >= 0.3 is 0 Å². The van der Waals surface area contributed by atoms with Gasteiger partial charge in [0.25, 0.3) is 0 Å². The number of hydrogen-bond donors (Lipinski definition) is 1. The second kappa shape index (κ2) is 38.2. The zero-order chi connectivity index (χ0) is 41.1. The summed E-state index contributed by atoms with van der Waals surface area (Å²) in [5.41, 5.74) is 0. The van der Waals surface area contributed by atoms with Crippen molar-refractivity contribution in [3.8, 4) is 0 Å². The molecule has 0 aliphatic carbocycles. The number of sulfone groups is 1. The van der Waals surface area contributed by atoms with Crippen molar-refractivity contribution in [2.75, 3.05) is 37.7 Å². The van der Waals surface area contributed by atoms with Crippen molar-refractivity contribution in [1.82, 2.24) is 20.6 Å². The van der Waals surface area contributed by atoms with Crippen LogP contribution < -0.4 is 0 Å². The molecule has 0 bridgehead atoms. The summed E-state index contributed by atoms with van der Waals surface area (Å²) < 4.78 is 27.2. The Morgan fingerprint density at radius 2 is 1.02 bits per heavy atom. The third-order valence-electron chi connectivity index (χ3n) is 10.9. The minimum Gasteiger partial charge on any atom is -0.385 e. The zero-order valence-electron chi connectivity index (χ0n) is 38.1. The lowest BCUT2D eigenvalue weighted by Gasteiger charge is -2.19. The number of methoxy groups -OCH3 is 1. The van der Waals surface area contributed by atoms with E-state index in [9.17, 15) is 8.42 Å². The smallest absolute Gasteiger partial charge is 0.174 e. The van der Waals surface area contributed by atoms with Crippen LogP contribution in [-0.4, -0.2) is 66.8 Å². The molecule has 53 heavy (non-hydrogen) atoms. The van der Waals surface area contributed by atoms with Crippen LogP contribution in [0, 0.1) is 47.3 Å². The summed E-state index contributed by atoms with van der Waals surface area (Å²) in [6.45, 7) is 28.2. The molecule has 0 aliphatic rings. The predicted octanol–water partition coefficient (Wildman–Crippen LogP) is 13.2. The van der Waals surface area contributed by atoms with Gasteiger partial charge in [-0.05, 0) is 85.0 Å². The minimum atomic E-state index is -2.78. The Bertz CT molecular complexity index is 916. The quantitative estimate of drug-likeness (QED) is 0.0902. The van der Waals surface area contributed by atoms with Crippen molar-refractivity contribution in [2.45, 2.75) is 192 Å². The molecule has 1 N–H and O–H groups in total. The number of thioether (sulfide) groups is 1. The van der Waals surface area contributed by atoms with Crippen molar-refractivity contribution in [3.05, 3.63) is 5.82 Å². The highest BCUT2D eigenvalue weighted by Gasteiger charge is 2.16. The molecule has 1 aromatic heterocycles. The Kier molecular flexibility index (Phi) is 40.9. The molecule has 0 unspecified atom stereocenters. The van der Waals surface area contributed by atoms with Gasteiger partial charge in [-0.15, -0.1) is 10.2 Å². The summed E-state index contributed by atoms with van der Waals surface area (Å²) in [6.07, 6.45) is 24.9. The molecule has 320 valence electrons. The number of aromatic nitrogens is 4. The van der Waals surface area contributed by atoms with E-state index >= 15 is 0 Å². The first-order chi connectivity index (χ1) is 25.0. The summed E-state index contributed by atoms with van der Waals surface area (Å²) in [7, 11) is -0.989. The van der Waals surface area contributed by atoms with E-state index in [0.717, 1.165) is 60.8 Å². The second-order valence-corrected chi connectivity index (χ2v) is 20.2. The maximum Gasteiger partial charge on any atom is 0.174 e. The fourth-order valence-corrected chi connectivity index (χ4v) is 7.89. The average molecular weight is 791 g/mol. The molecule has 0 spiro atoms. The van der Waals surface area contributed by atoms with Gasteiger partial charge in [0.1, 0.15) is 9.84 Å². The summed E-state index contributed by atoms with van der Waals surface area (Å²) >= 11 is 1.98. The first kappa shape index (κ1) is 56.7. The molecule has 1 aromatic rings. The number of nitrogens with zero attached hydrogens (tertiary/aromatic N) is 3. The van der Waals surface area contributed by atoms with E-state index in [1.165, 1.54) is 108 Å². The molecular weight excluding hydrogens is 697 g/mol. The van der Waals surface area contributed by atoms with Gasteiger partial charge in [0.05, 0.1) is 5.75 Å². The third-order valence-corrected chi connectivity index (χ3v) is 12.5. The number of aryl methyl sites for hydroxylation is 1. The summed E-state index contributed by atoms with van der Waals surface area (Å²) in [6, 6.07) is 0. The number of nitrogens with one attached hydrogen (secondary N) is 1. The summed E-state index contributed by atoms with van der Waals surface area (Å²) in [4.78, 5) is 0. The Hall–Kier alpha value is -0.670. The fraction of sp³-hybridized carbons (Fsp3) is 0.977. The fourth-order valence-electron chi connectivity index (χ4n) is 6.62. The lowest BCUT2D eigenvalue weighted by Crippen LogP contribution is -2.14. The molecule has 0 aromatic carbocycles. The van der Waals surface area contributed by atoms with Crippen molar-refractivity contribution in [3.63, 3.8) is 0 Å². The zero-order valence-corrected chi connectivity index (χ0v) is 39.8. The largest absolute Gasteiger partial charge is 0.385 e. The topological polar surface area (TPSA) is 97.8 Å². The van der Waals surface area contributed by atoms with Crippen LogP contribution >= 0.6 is 11.8 Å². The van der Waals surface area contributed by atoms with Crippen molar-refractivity contribution in [1.29, 1.82) is 0 Å². The Morgan fingerprint density at radius 1 is 0.623 bits per heavy atom. The van der Waals surface area contributed by atoms with Crippen molar-refractivity contribution in [2.24, 2.45) is 47.3 Å². The molecule has 1 heterocycles. The molecule has 7 nitrogen and oxygen atoms in total. The molecule has 1 rings (SSSR count). The summed E-state index contributed by atoms with van der Waals surface area (Å²) in [5, 5.41) is 14.0. The first-order valence-corrected chi connectivity index (χ1v) is 25.4. The van der Waals surface area contributed by atoms with Gasteiger partial charge in [0.15, 0.2) is 5.82 Å². The first-order valence-electron chi connectivity index (χ1n) is 21.9. The predicted molar refractivity (Wildman–Crippen MR) is 238 cm³/mol. The molecule has 0 fully saturated rings. The van der Waals surface area contributed by atoms with E-state index in [1.807, 2.05) is 11.8 Å². The van der Waals surface area contributed by atoms with Crippen LogP contribution in [0.15, 0.2) is 0 Å². The molecule has 0 radical (unpaired) electrons. The van der Waals surface area contributed by atoms with E-state index in [2.05, 4.69) is 110 Å². The molecule has 0 amide bonds. The van der Waals surface area contributed by atoms with Crippen molar-refractivity contribution < 1.29 is 13.2 Å². The van der Waals surface area contributed by atoms with Gasteiger partial charge in [-0.1, -0.05) is 165 Å². The van der Waals surface area contributed by atoms with Gasteiger partial charge < -0.3 is 4.74 Å². The second-order valence-electron chi connectivity index (χ2n) is 16.9. The number of ether oxygens (including phenoxy) is 1. The van der Waals surface area contributed by atoms with Gasteiger partial charge in [-0.3, -0.25) is 0 Å². The Labute approximate surface area is 337 Å². The minimum absolute atomic E-state index is 0.347. The highest BCUT2D eigenvalue weighted by Crippen LogP contribution is 2.25. The van der Waals surface area contributed by atoms with Gasteiger partial charge in [0, 0.05) is 26.4 Å². The van der Waals surface area contributed by atoms with Crippen LogP contribution in [0.4, 0.5) is 0 Å². The lowest BCUT2D eigenvalue weighted by atomic mass is 9.87. The molecule has 0 saturated carbocycles. The number of aromatic amines is 1. The van der Waals surface area contributed by atoms with Crippen LogP contribution in [0.5, 0.6) is 0 Å². The van der Waals surface area contributed by atoms with E-state index in [1.54, 1.807) is 7.11 Å². The van der Waals surface area contributed by atoms with E-state index in [0.29, 0.717) is 17.6 Å². The van der Waals surface area contributed by atoms with E-state index in [4.69, 9.17) is 4.74 Å². The molecule has 9 heteroatoms. The number of hydrogen-bond acceptors (Lipinski definition) is 7. The lowest BCUT2D eigenvalue weighted by molar-refractivity contribution is 0.161.